The Hall–Kier alpha value is -1.46. The van der Waals surface area contributed by atoms with E-state index in [-0.39, 0.29) is 5.56 Å². The van der Waals surface area contributed by atoms with Crippen LogP contribution in [-0.4, -0.2) is 10.9 Å². The highest BCUT2D eigenvalue weighted by atomic mass is 32.2. The highest BCUT2D eigenvalue weighted by molar-refractivity contribution is 7.99. The van der Waals surface area contributed by atoms with E-state index in [1.165, 1.54) is 23.9 Å². The average molecular weight is 312 g/mol. The Labute approximate surface area is 125 Å². The minimum atomic E-state index is -4.39. The van der Waals surface area contributed by atoms with Crippen molar-refractivity contribution in [1.82, 2.24) is 0 Å². The van der Waals surface area contributed by atoms with Crippen molar-refractivity contribution in [3.8, 4) is 0 Å². The van der Waals surface area contributed by atoms with Crippen molar-refractivity contribution in [2.75, 3.05) is 5.75 Å². The van der Waals surface area contributed by atoms with Crippen LogP contribution in [0.1, 0.15) is 22.8 Å². The summed E-state index contributed by atoms with van der Waals surface area (Å²) in [7, 11) is 0. The van der Waals surface area contributed by atoms with Gasteiger partial charge in [0.05, 0.1) is 11.7 Å². The lowest BCUT2D eigenvalue weighted by Gasteiger charge is -2.14. The third-order valence-corrected chi connectivity index (χ3v) is 4.34. The summed E-state index contributed by atoms with van der Waals surface area (Å²) < 4.78 is 37.9. The molecule has 0 spiro atoms. The molecule has 0 radical (unpaired) electrons. The van der Waals surface area contributed by atoms with Gasteiger partial charge in [0.1, 0.15) is 0 Å². The van der Waals surface area contributed by atoms with E-state index in [1.807, 2.05) is 31.2 Å². The zero-order chi connectivity index (χ0) is 15.5. The molecule has 0 saturated carbocycles. The second kappa shape index (κ2) is 6.54. The Bertz CT molecular complexity index is 610. The SMILES string of the molecule is Cc1ccccc1SCC(O)c1cccc(C(F)(F)F)c1. The quantitative estimate of drug-likeness (QED) is 0.815. The molecule has 1 nitrogen and oxygen atoms in total. The molecule has 0 bridgehead atoms. The molecule has 0 aliphatic rings. The number of thioether (sulfide) groups is 1. The van der Waals surface area contributed by atoms with E-state index in [4.69, 9.17) is 0 Å². The molecule has 2 aromatic rings. The fourth-order valence-electron chi connectivity index (χ4n) is 1.91. The third kappa shape index (κ3) is 4.25. The first-order valence-electron chi connectivity index (χ1n) is 6.41. The minimum absolute atomic E-state index is 0.283. The number of hydrogen-bond acceptors (Lipinski definition) is 2. The van der Waals surface area contributed by atoms with E-state index in [2.05, 4.69) is 0 Å². The van der Waals surface area contributed by atoms with Crippen molar-refractivity contribution in [2.24, 2.45) is 0 Å². The molecule has 0 aromatic heterocycles. The molecule has 1 unspecified atom stereocenters. The number of halogens is 3. The molecule has 0 aliphatic heterocycles. The molecule has 1 atom stereocenters. The van der Waals surface area contributed by atoms with Gasteiger partial charge in [-0.15, -0.1) is 11.8 Å². The first kappa shape index (κ1) is 15.9. The summed E-state index contributed by atoms with van der Waals surface area (Å²) in [6.45, 7) is 1.96. The summed E-state index contributed by atoms with van der Waals surface area (Å²) in [6, 6.07) is 12.5. The zero-order valence-corrected chi connectivity index (χ0v) is 12.2. The van der Waals surface area contributed by atoms with Gasteiger partial charge in [-0.05, 0) is 36.2 Å². The maximum atomic E-state index is 12.6. The van der Waals surface area contributed by atoms with Gasteiger partial charge in [0.15, 0.2) is 0 Å². The molecule has 1 N–H and O–H groups in total. The van der Waals surface area contributed by atoms with E-state index in [1.54, 1.807) is 0 Å². The second-order valence-electron chi connectivity index (χ2n) is 4.72. The maximum absolute atomic E-state index is 12.6. The summed E-state index contributed by atoms with van der Waals surface area (Å²) in [4.78, 5) is 1.02. The van der Waals surface area contributed by atoms with Gasteiger partial charge in [0.2, 0.25) is 0 Å². The van der Waals surface area contributed by atoms with Crippen LogP contribution in [0.25, 0.3) is 0 Å². The van der Waals surface area contributed by atoms with Crippen LogP contribution in [0.4, 0.5) is 13.2 Å². The van der Waals surface area contributed by atoms with Gasteiger partial charge in [-0.25, -0.2) is 0 Å². The molecule has 21 heavy (non-hydrogen) atoms. The fraction of sp³-hybridized carbons (Fsp3) is 0.250. The topological polar surface area (TPSA) is 20.2 Å². The van der Waals surface area contributed by atoms with Crippen LogP contribution in [0.3, 0.4) is 0 Å². The van der Waals surface area contributed by atoms with E-state index >= 15 is 0 Å². The summed E-state index contributed by atoms with van der Waals surface area (Å²) in [6.07, 6.45) is -5.32. The standard InChI is InChI=1S/C16H15F3OS/c1-11-5-2-3-8-15(11)21-10-14(20)12-6-4-7-13(9-12)16(17,18)19/h2-9,14,20H,10H2,1H3. The van der Waals surface area contributed by atoms with Gasteiger partial charge in [0, 0.05) is 10.6 Å². The number of alkyl halides is 3. The lowest BCUT2D eigenvalue weighted by Crippen LogP contribution is -2.07. The number of aliphatic hydroxyl groups is 1. The van der Waals surface area contributed by atoms with E-state index in [0.717, 1.165) is 22.6 Å². The van der Waals surface area contributed by atoms with Crippen molar-refractivity contribution in [3.63, 3.8) is 0 Å². The summed E-state index contributed by atoms with van der Waals surface area (Å²) in [5.41, 5.74) is 0.629. The summed E-state index contributed by atoms with van der Waals surface area (Å²) >= 11 is 1.43. The van der Waals surface area contributed by atoms with Gasteiger partial charge in [-0.3, -0.25) is 0 Å². The largest absolute Gasteiger partial charge is 0.416 e. The highest BCUT2D eigenvalue weighted by Crippen LogP contribution is 2.32. The number of hydrogen-bond donors (Lipinski definition) is 1. The van der Waals surface area contributed by atoms with Crippen LogP contribution in [0.15, 0.2) is 53.4 Å². The van der Waals surface area contributed by atoms with Crippen LogP contribution in [0.2, 0.25) is 0 Å². The predicted molar refractivity (Wildman–Crippen MR) is 78.3 cm³/mol. The van der Waals surface area contributed by atoms with E-state index in [0.29, 0.717) is 5.75 Å². The van der Waals surface area contributed by atoms with Gasteiger partial charge < -0.3 is 5.11 Å². The molecule has 0 fully saturated rings. The minimum Gasteiger partial charge on any atom is -0.388 e. The molecule has 112 valence electrons. The molecule has 2 rings (SSSR count). The van der Waals surface area contributed by atoms with Crippen LogP contribution < -0.4 is 0 Å². The molecule has 0 heterocycles. The lowest BCUT2D eigenvalue weighted by atomic mass is 10.1. The molecule has 5 heteroatoms. The first-order valence-corrected chi connectivity index (χ1v) is 7.40. The normalized spacial score (nSPS) is 13.2. The Morgan fingerprint density at radius 3 is 2.48 bits per heavy atom. The van der Waals surface area contributed by atoms with Crippen LogP contribution in [0.5, 0.6) is 0 Å². The van der Waals surface area contributed by atoms with Crippen LogP contribution >= 0.6 is 11.8 Å². The molecule has 2 aromatic carbocycles. The maximum Gasteiger partial charge on any atom is 0.416 e. The van der Waals surface area contributed by atoms with Crippen molar-refractivity contribution >= 4 is 11.8 Å². The Morgan fingerprint density at radius 2 is 1.81 bits per heavy atom. The molecular weight excluding hydrogens is 297 g/mol. The van der Waals surface area contributed by atoms with Crippen molar-refractivity contribution in [2.45, 2.75) is 24.1 Å². The molecule has 0 aliphatic carbocycles. The van der Waals surface area contributed by atoms with Gasteiger partial charge in [-0.2, -0.15) is 13.2 Å². The van der Waals surface area contributed by atoms with Crippen molar-refractivity contribution in [3.05, 3.63) is 65.2 Å². The Balaban J connectivity index is 2.07. The van der Waals surface area contributed by atoms with Gasteiger partial charge in [-0.1, -0.05) is 30.3 Å². The Morgan fingerprint density at radius 1 is 1.10 bits per heavy atom. The Kier molecular flexibility index (Phi) is 4.96. The number of benzene rings is 2. The van der Waals surface area contributed by atoms with Crippen LogP contribution in [0, 0.1) is 6.92 Å². The van der Waals surface area contributed by atoms with Crippen molar-refractivity contribution in [1.29, 1.82) is 0 Å². The number of aryl methyl sites for hydroxylation is 1. The predicted octanol–water partition coefficient (Wildman–Crippen LogP) is 4.84. The molecule has 0 amide bonds. The summed E-state index contributed by atoms with van der Waals surface area (Å²) in [5.74, 6) is 0.312. The smallest absolute Gasteiger partial charge is 0.388 e. The number of aliphatic hydroxyl groups excluding tert-OH is 1. The second-order valence-corrected chi connectivity index (χ2v) is 5.78. The summed E-state index contributed by atoms with van der Waals surface area (Å²) in [5, 5.41) is 10.1. The van der Waals surface area contributed by atoms with Crippen LogP contribution in [-0.2, 0) is 6.18 Å². The monoisotopic (exact) mass is 312 g/mol. The highest BCUT2D eigenvalue weighted by Gasteiger charge is 2.30. The first-order chi connectivity index (χ1) is 9.88. The third-order valence-electron chi connectivity index (χ3n) is 3.09. The van der Waals surface area contributed by atoms with E-state index < -0.39 is 17.8 Å². The molecular formula is C16H15F3OS. The number of rotatable bonds is 4. The fourth-order valence-corrected chi connectivity index (χ4v) is 2.91. The van der Waals surface area contributed by atoms with Crippen molar-refractivity contribution < 1.29 is 18.3 Å². The lowest BCUT2D eigenvalue weighted by molar-refractivity contribution is -0.137. The van der Waals surface area contributed by atoms with Gasteiger partial charge in [0.25, 0.3) is 0 Å². The van der Waals surface area contributed by atoms with E-state index in [9.17, 15) is 18.3 Å². The zero-order valence-electron chi connectivity index (χ0n) is 11.4. The molecule has 0 saturated heterocycles. The van der Waals surface area contributed by atoms with Gasteiger partial charge >= 0.3 is 6.18 Å². The average Bonchev–Trinajstić information content (AvgIpc) is 2.45.